The fraction of sp³-hybridized carbons (Fsp3) is 0.312. The number of methoxy groups -OCH3 is 1. The maximum atomic E-state index is 5.21. The second-order valence-corrected chi connectivity index (χ2v) is 4.75. The van der Waals surface area contributed by atoms with Gasteiger partial charge in [0.1, 0.15) is 5.75 Å². The zero-order chi connectivity index (χ0) is 13.7. The first-order valence-corrected chi connectivity index (χ1v) is 6.87. The fourth-order valence-electron chi connectivity index (χ4n) is 2.40. The van der Waals surface area contributed by atoms with Gasteiger partial charge < -0.3 is 4.74 Å². The Morgan fingerprint density at radius 3 is 2.26 bits per heavy atom. The van der Waals surface area contributed by atoms with Crippen LogP contribution < -0.4 is 10.2 Å². The average molecular weight is 253 g/mol. The van der Waals surface area contributed by atoms with Gasteiger partial charge in [-0.05, 0) is 11.6 Å². The molecule has 0 aliphatic heterocycles. The summed E-state index contributed by atoms with van der Waals surface area (Å²) < 4.78 is 5.21. The molecule has 0 radical (unpaired) electrons. The van der Waals surface area contributed by atoms with Gasteiger partial charge in [0.25, 0.3) is 0 Å². The van der Waals surface area contributed by atoms with Crippen LogP contribution in [0, 0.1) is 0 Å². The standard InChI is InChI=1S/C16H20BNO/c1-4-17(5-2)15-8-6-13(7-9-15)14-10-16(19-3)12-18-11-14/h6-12H,4-5H2,1-3H3. The van der Waals surface area contributed by atoms with E-state index in [2.05, 4.69) is 43.1 Å². The van der Waals surface area contributed by atoms with Crippen molar-refractivity contribution in [3.05, 3.63) is 42.7 Å². The van der Waals surface area contributed by atoms with Gasteiger partial charge in [0, 0.05) is 11.8 Å². The maximum Gasteiger partial charge on any atom is 0.175 e. The third kappa shape index (κ3) is 3.17. The highest BCUT2D eigenvalue weighted by Crippen LogP contribution is 2.21. The van der Waals surface area contributed by atoms with E-state index in [1.807, 2.05) is 12.3 Å². The highest BCUT2D eigenvalue weighted by atomic mass is 16.5. The van der Waals surface area contributed by atoms with Crippen LogP contribution in [0.4, 0.5) is 0 Å². The summed E-state index contributed by atoms with van der Waals surface area (Å²) in [5, 5.41) is 0. The van der Waals surface area contributed by atoms with Crippen LogP contribution >= 0.6 is 0 Å². The van der Waals surface area contributed by atoms with Crippen LogP contribution in [0.5, 0.6) is 5.75 Å². The molecule has 0 saturated carbocycles. The van der Waals surface area contributed by atoms with E-state index in [9.17, 15) is 0 Å². The number of ether oxygens (including phenoxy) is 1. The molecule has 1 heterocycles. The summed E-state index contributed by atoms with van der Waals surface area (Å²) in [7, 11) is 1.66. The van der Waals surface area contributed by atoms with Crippen LogP contribution in [0.3, 0.4) is 0 Å². The minimum Gasteiger partial charge on any atom is -0.495 e. The molecule has 0 N–H and O–H groups in total. The monoisotopic (exact) mass is 253 g/mol. The molecule has 0 aliphatic carbocycles. The number of pyridine rings is 1. The van der Waals surface area contributed by atoms with E-state index in [1.54, 1.807) is 13.3 Å². The van der Waals surface area contributed by atoms with E-state index >= 15 is 0 Å². The van der Waals surface area contributed by atoms with Crippen molar-refractivity contribution in [2.24, 2.45) is 0 Å². The molecule has 2 rings (SSSR count). The van der Waals surface area contributed by atoms with Crippen LogP contribution in [0.25, 0.3) is 11.1 Å². The molecule has 2 nitrogen and oxygen atoms in total. The van der Waals surface area contributed by atoms with E-state index in [0.29, 0.717) is 6.71 Å². The number of hydrogen-bond donors (Lipinski definition) is 0. The fourth-order valence-corrected chi connectivity index (χ4v) is 2.40. The molecular formula is C16H20BNO. The Balaban J connectivity index is 2.26. The van der Waals surface area contributed by atoms with Gasteiger partial charge in [-0.25, -0.2) is 0 Å². The Hall–Kier alpha value is -1.77. The summed E-state index contributed by atoms with van der Waals surface area (Å²) >= 11 is 0. The van der Waals surface area contributed by atoms with Gasteiger partial charge in [-0.1, -0.05) is 56.2 Å². The number of aromatic nitrogens is 1. The molecule has 0 saturated heterocycles. The number of rotatable bonds is 5. The lowest BCUT2D eigenvalue weighted by atomic mass is 9.41. The molecule has 0 amide bonds. The van der Waals surface area contributed by atoms with Crippen LogP contribution in [-0.2, 0) is 0 Å². The zero-order valence-corrected chi connectivity index (χ0v) is 11.9. The van der Waals surface area contributed by atoms with Crippen LogP contribution in [0.2, 0.25) is 12.6 Å². The van der Waals surface area contributed by atoms with E-state index in [4.69, 9.17) is 4.74 Å². The van der Waals surface area contributed by atoms with Gasteiger partial charge in [-0.3, -0.25) is 4.98 Å². The third-order valence-electron chi connectivity index (χ3n) is 3.65. The number of hydrogen-bond acceptors (Lipinski definition) is 2. The van der Waals surface area contributed by atoms with Crippen LogP contribution in [0.15, 0.2) is 42.7 Å². The molecule has 19 heavy (non-hydrogen) atoms. The van der Waals surface area contributed by atoms with Crippen molar-refractivity contribution >= 4 is 12.2 Å². The largest absolute Gasteiger partial charge is 0.495 e. The Labute approximate surface area is 115 Å². The Bertz CT molecular complexity index is 521. The Kier molecular flexibility index (Phi) is 4.61. The molecule has 0 aliphatic rings. The van der Waals surface area contributed by atoms with Crippen molar-refractivity contribution in [2.45, 2.75) is 26.5 Å². The topological polar surface area (TPSA) is 22.1 Å². The molecule has 0 atom stereocenters. The summed E-state index contributed by atoms with van der Waals surface area (Å²) in [5.74, 6) is 0.793. The lowest BCUT2D eigenvalue weighted by Crippen LogP contribution is -2.27. The van der Waals surface area contributed by atoms with Crippen molar-refractivity contribution < 1.29 is 4.74 Å². The smallest absolute Gasteiger partial charge is 0.175 e. The van der Waals surface area contributed by atoms with Gasteiger partial charge in [0.2, 0.25) is 0 Å². The van der Waals surface area contributed by atoms with E-state index in [-0.39, 0.29) is 0 Å². The molecule has 0 bridgehead atoms. The highest BCUT2D eigenvalue weighted by Gasteiger charge is 2.11. The summed E-state index contributed by atoms with van der Waals surface area (Å²) in [6.07, 6.45) is 5.98. The van der Waals surface area contributed by atoms with E-state index < -0.39 is 0 Å². The summed E-state index contributed by atoms with van der Waals surface area (Å²) in [4.78, 5) is 4.20. The molecular weight excluding hydrogens is 233 g/mol. The number of nitrogens with zero attached hydrogens (tertiary/aromatic N) is 1. The first kappa shape index (κ1) is 13.7. The minimum absolute atomic E-state index is 0.664. The SMILES string of the molecule is CCB(CC)c1ccc(-c2cncc(OC)c2)cc1. The second-order valence-electron chi connectivity index (χ2n) is 4.75. The van der Waals surface area contributed by atoms with E-state index in [1.165, 1.54) is 23.7 Å². The van der Waals surface area contributed by atoms with Crippen molar-refractivity contribution in [3.63, 3.8) is 0 Å². The van der Waals surface area contributed by atoms with Gasteiger partial charge in [-0.15, -0.1) is 0 Å². The molecule has 0 fully saturated rings. The maximum absolute atomic E-state index is 5.21. The molecule has 0 unspecified atom stereocenters. The van der Waals surface area contributed by atoms with Gasteiger partial charge >= 0.3 is 0 Å². The van der Waals surface area contributed by atoms with Crippen molar-refractivity contribution in [2.75, 3.05) is 7.11 Å². The number of benzene rings is 1. The summed E-state index contributed by atoms with van der Waals surface area (Å²) in [5.41, 5.74) is 3.70. The quantitative estimate of drug-likeness (QED) is 0.761. The van der Waals surface area contributed by atoms with Crippen LogP contribution in [0.1, 0.15) is 13.8 Å². The molecule has 1 aromatic heterocycles. The normalized spacial score (nSPS) is 10.3. The predicted octanol–water partition coefficient (Wildman–Crippen LogP) is 3.50. The van der Waals surface area contributed by atoms with Crippen molar-refractivity contribution in [1.82, 2.24) is 4.98 Å². The average Bonchev–Trinajstić information content (AvgIpc) is 2.49. The predicted molar refractivity (Wildman–Crippen MR) is 82.6 cm³/mol. The van der Waals surface area contributed by atoms with Crippen molar-refractivity contribution in [1.29, 1.82) is 0 Å². The molecule has 1 aromatic carbocycles. The van der Waals surface area contributed by atoms with Gasteiger partial charge in [0.15, 0.2) is 6.71 Å². The summed E-state index contributed by atoms with van der Waals surface area (Å²) in [6, 6.07) is 10.8. The van der Waals surface area contributed by atoms with Crippen molar-refractivity contribution in [3.8, 4) is 16.9 Å². The van der Waals surface area contributed by atoms with Gasteiger partial charge in [-0.2, -0.15) is 0 Å². The Morgan fingerprint density at radius 2 is 1.68 bits per heavy atom. The third-order valence-corrected chi connectivity index (χ3v) is 3.65. The zero-order valence-electron chi connectivity index (χ0n) is 11.9. The lowest BCUT2D eigenvalue weighted by Gasteiger charge is -2.10. The lowest BCUT2D eigenvalue weighted by molar-refractivity contribution is 0.413. The molecule has 3 heteroatoms. The minimum atomic E-state index is 0.664. The Morgan fingerprint density at radius 1 is 1.00 bits per heavy atom. The second kappa shape index (κ2) is 6.42. The highest BCUT2D eigenvalue weighted by molar-refractivity contribution is 6.73. The molecule has 98 valence electrons. The first-order valence-electron chi connectivity index (χ1n) is 6.87. The molecule has 2 aromatic rings. The van der Waals surface area contributed by atoms with E-state index in [0.717, 1.165) is 11.3 Å². The molecule has 0 spiro atoms. The summed E-state index contributed by atoms with van der Waals surface area (Å²) in [6.45, 7) is 5.15. The van der Waals surface area contributed by atoms with Crippen LogP contribution in [-0.4, -0.2) is 18.8 Å². The van der Waals surface area contributed by atoms with Gasteiger partial charge in [0.05, 0.1) is 13.3 Å². The first-order chi connectivity index (χ1) is 9.28.